The minimum Gasteiger partial charge on any atom is -0.491 e. The summed E-state index contributed by atoms with van der Waals surface area (Å²) < 4.78 is 25.3. The number of benzene rings is 3. The average Bonchev–Trinajstić information content (AvgIpc) is 3.49. The highest BCUT2D eigenvalue weighted by Gasteiger charge is 2.77. The van der Waals surface area contributed by atoms with Gasteiger partial charge in [0, 0.05) is 30.3 Å². The summed E-state index contributed by atoms with van der Waals surface area (Å²) in [6.07, 6.45) is 1.85. The zero-order valence-corrected chi connectivity index (χ0v) is 28.9. The van der Waals surface area contributed by atoms with E-state index < -0.39 is 57.0 Å². The summed E-state index contributed by atoms with van der Waals surface area (Å²) in [7, 11) is 0. The van der Waals surface area contributed by atoms with Crippen LogP contribution in [0.15, 0.2) is 84.4 Å². The molecule has 51 heavy (non-hydrogen) atoms. The molecule has 3 aromatic rings. The van der Waals surface area contributed by atoms with Gasteiger partial charge in [-0.05, 0) is 73.4 Å². The maximum Gasteiger partial charge on any atom is 0.258 e. The Balaban J connectivity index is 1.22. The fourth-order valence-electron chi connectivity index (χ4n) is 8.64. The van der Waals surface area contributed by atoms with Crippen LogP contribution in [0, 0.1) is 23.6 Å². The van der Waals surface area contributed by atoms with Gasteiger partial charge in [-0.15, -0.1) is 23.2 Å². The molecule has 5 aliphatic rings. The van der Waals surface area contributed by atoms with Crippen molar-refractivity contribution < 1.29 is 38.1 Å². The van der Waals surface area contributed by atoms with Crippen molar-refractivity contribution in [2.75, 3.05) is 54.2 Å². The smallest absolute Gasteiger partial charge is 0.258 e. The van der Waals surface area contributed by atoms with Crippen LogP contribution in [0.3, 0.4) is 0 Å². The zero-order chi connectivity index (χ0) is 35.7. The number of rotatable bonds is 7. The first-order valence-corrected chi connectivity index (χ1v) is 17.7. The fourth-order valence-corrected chi connectivity index (χ4v) is 9.57. The molecule has 2 aliphatic carbocycles. The third kappa shape index (κ3) is 5.03. The molecule has 6 atom stereocenters. The molecule has 10 nitrogen and oxygen atoms in total. The van der Waals surface area contributed by atoms with E-state index in [4.69, 9.17) is 32.7 Å². The Morgan fingerprint density at radius 3 is 2.18 bits per heavy atom. The number of aliphatic hydroxyl groups excluding tert-OH is 1. The van der Waals surface area contributed by atoms with Gasteiger partial charge in [-0.1, -0.05) is 29.8 Å². The minimum absolute atomic E-state index is 0.0565. The van der Waals surface area contributed by atoms with Gasteiger partial charge in [0.15, 0.2) is 9.75 Å². The van der Waals surface area contributed by atoms with Gasteiger partial charge < -0.3 is 19.5 Å². The number of morpholine rings is 1. The van der Waals surface area contributed by atoms with Crippen molar-refractivity contribution in [1.82, 2.24) is 0 Å². The van der Waals surface area contributed by atoms with Crippen molar-refractivity contribution in [2.24, 2.45) is 17.8 Å². The number of hydrogen-bond acceptors (Lipinski definition) is 8. The topological polar surface area (TPSA) is 117 Å². The summed E-state index contributed by atoms with van der Waals surface area (Å²) >= 11 is 15.0. The van der Waals surface area contributed by atoms with E-state index >= 15 is 0 Å². The van der Waals surface area contributed by atoms with Crippen LogP contribution in [0.25, 0.3) is 0 Å². The van der Waals surface area contributed by atoms with Crippen LogP contribution in [-0.2, 0) is 23.9 Å². The Hall–Kier alpha value is -4.29. The van der Waals surface area contributed by atoms with Crippen molar-refractivity contribution in [2.45, 2.75) is 28.5 Å². The van der Waals surface area contributed by atoms with Gasteiger partial charge >= 0.3 is 0 Å². The van der Waals surface area contributed by atoms with E-state index in [0.717, 1.165) is 35.8 Å². The Morgan fingerprint density at radius 2 is 1.47 bits per heavy atom. The van der Waals surface area contributed by atoms with Crippen LogP contribution in [0.5, 0.6) is 5.75 Å². The van der Waals surface area contributed by atoms with Crippen LogP contribution < -0.4 is 19.4 Å². The number of nitrogens with zero attached hydrogens (tertiary/aromatic N) is 3. The summed E-state index contributed by atoms with van der Waals surface area (Å²) in [6.45, 7) is 2.36. The normalized spacial score (nSPS) is 30.3. The molecule has 264 valence electrons. The SMILES string of the molecule is O=C1[C@H]2[C@H](CC=C3[C@H]2C[C@@]2(Cl)C(=O)N(c4ccc(F)cc4)C(=O)[C@@]2(Cl)[C@H]3c2ccccc2OCCO)C(=O)N1c1ccc(N2CCOCC2)cc1. The van der Waals surface area contributed by atoms with Crippen molar-refractivity contribution in [1.29, 1.82) is 0 Å². The molecule has 13 heteroatoms. The Morgan fingerprint density at radius 1 is 0.824 bits per heavy atom. The lowest BCUT2D eigenvalue weighted by Gasteiger charge is -2.50. The van der Waals surface area contributed by atoms with Gasteiger partial charge in [0.1, 0.15) is 18.2 Å². The van der Waals surface area contributed by atoms with Crippen LogP contribution in [-0.4, -0.2) is 78.0 Å². The number of fused-ring (bicyclic) bond motifs is 4. The lowest BCUT2D eigenvalue weighted by Crippen LogP contribution is -2.60. The molecule has 3 saturated heterocycles. The monoisotopic (exact) mass is 733 g/mol. The van der Waals surface area contributed by atoms with E-state index in [9.17, 15) is 28.7 Å². The van der Waals surface area contributed by atoms with Crippen LogP contribution >= 0.6 is 23.2 Å². The van der Waals surface area contributed by atoms with Gasteiger partial charge in [0.2, 0.25) is 11.8 Å². The predicted molar refractivity (Wildman–Crippen MR) is 188 cm³/mol. The van der Waals surface area contributed by atoms with Gasteiger partial charge in [-0.2, -0.15) is 0 Å². The minimum atomic E-state index is -2.10. The highest BCUT2D eigenvalue weighted by atomic mass is 35.5. The molecule has 0 radical (unpaired) electrons. The maximum absolute atomic E-state index is 14.6. The van der Waals surface area contributed by atoms with E-state index in [1.165, 1.54) is 17.0 Å². The molecule has 0 aromatic heterocycles. The number of aliphatic hydroxyl groups is 1. The lowest BCUT2D eigenvalue weighted by atomic mass is 9.56. The summed E-state index contributed by atoms with van der Waals surface area (Å²) in [6, 6.07) is 19.0. The van der Waals surface area contributed by atoms with Crippen LogP contribution in [0.1, 0.15) is 24.3 Å². The molecule has 4 amide bonds. The number of allylic oxidation sites excluding steroid dienone is 2. The second-order valence-corrected chi connectivity index (χ2v) is 14.7. The highest BCUT2D eigenvalue weighted by molar-refractivity contribution is 6.58. The standard InChI is InChI=1S/C38H34Cl2FN3O7/c39-37-21-29-26(13-14-28-31(29)34(47)43(33(28)46)24-11-9-23(10-12-24)42-15-18-50-19-16-42)32(27-3-1-2-4-30(27)51-20-17-45)38(37,40)36(49)44(35(37)48)25-7-5-22(41)6-8-25/h1-13,28-29,31-32,45H,14-21H2/t28-,29+,31-,32+,37+,38-/m0/s1. The van der Waals surface area contributed by atoms with E-state index in [1.807, 2.05) is 18.2 Å². The van der Waals surface area contributed by atoms with Crippen molar-refractivity contribution in [3.8, 4) is 5.75 Å². The Bertz CT molecular complexity index is 1950. The summed E-state index contributed by atoms with van der Waals surface area (Å²) in [5.74, 6) is -6.04. The van der Waals surface area contributed by atoms with Crippen molar-refractivity contribution >= 4 is 63.9 Å². The van der Waals surface area contributed by atoms with Crippen molar-refractivity contribution in [3.63, 3.8) is 0 Å². The average molecular weight is 735 g/mol. The van der Waals surface area contributed by atoms with E-state index in [1.54, 1.807) is 36.4 Å². The first kappa shape index (κ1) is 33.8. The van der Waals surface area contributed by atoms with Crippen LogP contribution in [0.4, 0.5) is 21.5 Å². The van der Waals surface area contributed by atoms with Gasteiger partial charge in [-0.25, -0.2) is 9.29 Å². The number of ether oxygens (including phenoxy) is 2. The zero-order valence-electron chi connectivity index (χ0n) is 27.3. The molecule has 3 aromatic carbocycles. The van der Waals surface area contributed by atoms with Gasteiger partial charge in [0.25, 0.3) is 11.8 Å². The van der Waals surface area contributed by atoms with Crippen molar-refractivity contribution in [3.05, 3.63) is 95.8 Å². The number of halogens is 3. The summed E-state index contributed by atoms with van der Waals surface area (Å²) in [5, 5.41) is 9.58. The number of alkyl halides is 2. The van der Waals surface area contributed by atoms with Gasteiger partial charge in [-0.3, -0.25) is 24.1 Å². The molecule has 1 saturated carbocycles. The Kier molecular flexibility index (Phi) is 8.45. The Labute approximate surface area is 303 Å². The molecule has 1 N–H and O–H groups in total. The number of amides is 4. The number of para-hydroxylation sites is 1. The summed E-state index contributed by atoms with van der Waals surface area (Å²) in [5.41, 5.74) is 2.54. The lowest BCUT2D eigenvalue weighted by molar-refractivity contribution is -0.125. The molecule has 0 unspecified atom stereocenters. The van der Waals surface area contributed by atoms with Crippen LogP contribution in [0.2, 0.25) is 0 Å². The molecule has 0 bridgehead atoms. The third-order valence-corrected chi connectivity index (χ3v) is 12.4. The molecule has 3 heterocycles. The van der Waals surface area contributed by atoms with Gasteiger partial charge in [0.05, 0.1) is 43.0 Å². The quantitative estimate of drug-likeness (QED) is 0.209. The van der Waals surface area contributed by atoms with E-state index in [0.29, 0.717) is 35.8 Å². The largest absolute Gasteiger partial charge is 0.491 e. The molecule has 0 spiro atoms. The molecule has 3 aliphatic heterocycles. The van der Waals surface area contributed by atoms with E-state index in [-0.39, 0.29) is 37.6 Å². The number of anilines is 3. The highest BCUT2D eigenvalue weighted by Crippen LogP contribution is 2.66. The number of hydrogen-bond donors (Lipinski definition) is 1. The fraction of sp³-hybridized carbons (Fsp3) is 0.368. The molecular formula is C38H34Cl2FN3O7. The third-order valence-electron chi connectivity index (χ3n) is 11.0. The predicted octanol–water partition coefficient (Wildman–Crippen LogP) is 4.80. The first-order valence-electron chi connectivity index (χ1n) is 17.0. The summed E-state index contributed by atoms with van der Waals surface area (Å²) in [4.78, 5) is 57.8. The number of imide groups is 2. The number of carbonyl (C=O) groups is 4. The van der Waals surface area contributed by atoms with E-state index in [2.05, 4.69) is 4.90 Å². The molecule has 8 rings (SSSR count). The number of carbonyl (C=O) groups excluding carboxylic acids is 4. The second-order valence-electron chi connectivity index (χ2n) is 13.5. The second kappa shape index (κ2) is 12.7. The molecular weight excluding hydrogens is 700 g/mol. The molecule has 4 fully saturated rings. The maximum atomic E-state index is 14.6. The first-order chi connectivity index (χ1) is 24.6.